The highest BCUT2D eigenvalue weighted by atomic mass is 16.5. The fraction of sp³-hybridized carbons (Fsp3) is 0.450. The highest BCUT2D eigenvalue weighted by Crippen LogP contribution is 2.24. The van der Waals surface area contributed by atoms with Crippen LogP contribution in [0, 0.1) is 34.6 Å². The predicted molar refractivity (Wildman–Crippen MR) is 94.8 cm³/mol. The number of ether oxygens (including phenoxy) is 1. The molecule has 0 N–H and O–H groups in total. The van der Waals surface area contributed by atoms with Gasteiger partial charge in [0.2, 0.25) is 5.78 Å². The summed E-state index contributed by atoms with van der Waals surface area (Å²) in [7, 11) is 0. The Kier molecular flexibility index (Phi) is 4.98. The summed E-state index contributed by atoms with van der Waals surface area (Å²) in [5.41, 5.74) is 6.37. The first-order chi connectivity index (χ1) is 10.7. The van der Waals surface area contributed by atoms with E-state index in [-0.39, 0.29) is 12.4 Å². The third-order valence-corrected chi connectivity index (χ3v) is 4.45. The zero-order valence-corrected chi connectivity index (χ0v) is 15.3. The van der Waals surface area contributed by atoms with Gasteiger partial charge in [0.15, 0.2) is 6.61 Å². The molecule has 0 bridgehead atoms. The minimum absolute atomic E-state index is 0.0302. The molecule has 0 fully saturated rings. The van der Waals surface area contributed by atoms with Crippen molar-refractivity contribution in [2.24, 2.45) is 0 Å². The fourth-order valence-corrected chi connectivity index (χ4v) is 3.16. The molecule has 0 aliphatic carbocycles. The second-order valence-electron chi connectivity index (χ2n) is 6.66. The van der Waals surface area contributed by atoms with Crippen molar-refractivity contribution in [1.82, 2.24) is 4.57 Å². The van der Waals surface area contributed by atoms with Gasteiger partial charge in [-0.25, -0.2) is 0 Å². The summed E-state index contributed by atoms with van der Waals surface area (Å²) in [6.45, 7) is 14.5. The summed E-state index contributed by atoms with van der Waals surface area (Å²) < 4.78 is 7.98. The number of aromatic nitrogens is 1. The van der Waals surface area contributed by atoms with Crippen molar-refractivity contribution in [3.8, 4) is 5.75 Å². The molecule has 3 heteroatoms. The quantitative estimate of drug-likeness (QED) is 0.737. The molecule has 1 aromatic carbocycles. The van der Waals surface area contributed by atoms with E-state index in [2.05, 4.69) is 38.3 Å². The maximum absolute atomic E-state index is 12.6. The minimum Gasteiger partial charge on any atom is -0.485 e. The Balaban J connectivity index is 2.18. The van der Waals surface area contributed by atoms with Gasteiger partial charge in [-0.05, 0) is 77.3 Å². The van der Waals surface area contributed by atoms with E-state index in [1.54, 1.807) is 0 Å². The van der Waals surface area contributed by atoms with Gasteiger partial charge in [0.1, 0.15) is 5.75 Å². The molecule has 1 aromatic heterocycles. The average Bonchev–Trinajstić information content (AvgIpc) is 2.76. The van der Waals surface area contributed by atoms with E-state index >= 15 is 0 Å². The van der Waals surface area contributed by atoms with Crippen LogP contribution in [0.2, 0.25) is 0 Å². The van der Waals surface area contributed by atoms with Crippen LogP contribution in [0.15, 0.2) is 18.2 Å². The van der Waals surface area contributed by atoms with Crippen molar-refractivity contribution in [3.05, 3.63) is 51.8 Å². The fourth-order valence-electron chi connectivity index (χ4n) is 3.16. The molecular weight excluding hydrogens is 286 g/mol. The lowest BCUT2D eigenvalue weighted by Gasteiger charge is -2.14. The monoisotopic (exact) mass is 313 g/mol. The molecule has 0 saturated carbocycles. The molecule has 0 unspecified atom stereocenters. The van der Waals surface area contributed by atoms with Crippen LogP contribution in [0.4, 0.5) is 0 Å². The summed E-state index contributed by atoms with van der Waals surface area (Å²) in [6, 6.07) is 6.42. The van der Waals surface area contributed by atoms with Gasteiger partial charge in [-0.1, -0.05) is 6.07 Å². The lowest BCUT2D eigenvalue weighted by atomic mass is 10.1. The molecule has 0 atom stereocenters. The van der Waals surface area contributed by atoms with Crippen LogP contribution in [0.25, 0.3) is 0 Å². The third-order valence-electron chi connectivity index (χ3n) is 4.45. The van der Waals surface area contributed by atoms with E-state index in [9.17, 15) is 4.79 Å². The van der Waals surface area contributed by atoms with Crippen molar-refractivity contribution >= 4 is 5.78 Å². The van der Waals surface area contributed by atoms with Gasteiger partial charge in [-0.15, -0.1) is 0 Å². The van der Waals surface area contributed by atoms with Gasteiger partial charge in [-0.2, -0.15) is 0 Å². The van der Waals surface area contributed by atoms with Gasteiger partial charge in [0.25, 0.3) is 0 Å². The second-order valence-corrected chi connectivity index (χ2v) is 6.66. The normalized spacial score (nSPS) is 11.1. The van der Waals surface area contributed by atoms with Crippen LogP contribution in [0.1, 0.15) is 58.3 Å². The molecule has 0 aliphatic rings. The lowest BCUT2D eigenvalue weighted by molar-refractivity contribution is 0.0920. The summed E-state index contributed by atoms with van der Waals surface area (Å²) in [5, 5.41) is 0. The van der Waals surface area contributed by atoms with E-state index in [1.807, 2.05) is 32.9 Å². The molecule has 0 aliphatic heterocycles. The van der Waals surface area contributed by atoms with Crippen LogP contribution < -0.4 is 4.74 Å². The zero-order chi connectivity index (χ0) is 17.3. The average molecular weight is 313 g/mol. The van der Waals surface area contributed by atoms with Crippen molar-refractivity contribution in [3.63, 3.8) is 0 Å². The number of nitrogens with zero attached hydrogens (tertiary/aromatic N) is 1. The van der Waals surface area contributed by atoms with Gasteiger partial charge in [-0.3, -0.25) is 4.79 Å². The van der Waals surface area contributed by atoms with Crippen molar-refractivity contribution in [2.75, 3.05) is 6.61 Å². The Hall–Kier alpha value is -2.03. The number of hydrogen-bond donors (Lipinski definition) is 0. The Morgan fingerprint density at radius 3 is 2.17 bits per heavy atom. The van der Waals surface area contributed by atoms with E-state index in [1.165, 1.54) is 11.1 Å². The summed E-state index contributed by atoms with van der Waals surface area (Å²) in [6.07, 6.45) is 0. The minimum atomic E-state index is 0.0302. The number of aryl methyl sites for hydroxylation is 4. The number of carbonyl (C=O) groups excluding carboxylic acids is 1. The largest absolute Gasteiger partial charge is 0.485 e. The third kappa shape index (κ3) is 3.49. The Labute approximate surface area is 139 Å². The Bertz CT molecular complexity index is 739. The van der Waals surface area contributed by atoms with Crippen LogP contribution in [0.3, 0.4) is 0 Å². The zero-order valence-electron chi connectivity index (χ0n) is 15.3. The Morgan fingerprint density at radius 2 is 1.61 bits per heavy atom. The highest BCUT2D eigenvalue weighted by Gasteiger charge is 2.18. The first kappa shape index (κ1) is 17.3. The number of carbonyl (C=O) groups is 1. The van der Waals surface area contributed by atoms with Crippen molar-refractivity contribution in [2.45, 2.75) is 54.5 Å². The molecule has 0 spiro atoms. The van der Waals surface area contributed by atoms with E-state index in [0.29, 0.717) is 6.04 Å². The SMILES string of the molecule is Cc1cc(C)c(OCC(=O)c2cc(C)n(C(C)C)c2C)cc1C. The topological polar surface area (TPSA) is 31.2 Å². The lowest BCUT2D eigenvalue weighted by Crippen LogP contribution is -2.14. The molecule has 2 rings (SSSR count). The first-order valence-electron chi connectivity index (χ1n) is 8.14. The Morgan fingerprint density at radius 1 is 1.00 bits per heavy atom. The summed E-state index contributed by atoms with van der Waals surface area (Å²) in [4.78, 5) is 12.6. The number of rotatable bonds is 5. The van der Waals surface area contributed by atoms with E-state index < -0.39 is 0 Å². The second kappa shape index (κ2) is 6.61. The van der Waals surface area contributed by atoms with Crippen LogP contribution in [-0.4, -0.2) is 17.0 Å². The molecule has 3 nitrogen and oxygen atoms in total. The van der Waals surface area contributed by atoms with Gasteiger partial charge in [0, 0.05) is 23.0 Å². The van der Waals surface area contributed by atoms with Crippen molar-refractivity contribution < 1.29 is 9.53 Å². The van der Waals surface area contributed by atoms with Gasteiger partial charge < -0.3 is 9.30 Å². The molecule has 23 heavy (non-hydrogen) atoms. The van der Waals surface area contributed by atoms with E-state index in [0.717, 1.165) is 28.3 Å². The van der Waals surface area contributed by atoms with Crippen LogP contribution in [-0.2, 0) is 0 Å². The maximum Gasteiger partial charge on any atom is 0.202 e. The molecule has 0 amide bonds. The van der Waals surface area contributed by atoms with E-state index in [4.69, 9.17) is 4.74 Å². The van der Waals surface area contributed by atoms with Gasteiger partial charge in [0.05, 0.1) is 0 Å². The van der Waals surface area contributed by atoms with Crippen molar-refractivity contribution in [1.29, 1.82) is 0 Å². The maximum atomic E-state index is 12.6. The molecule has 1 heterocycles. The predicted octanol–water partition coefficient (Wildman–Crippen LogP) is 4.87. The summed E-state index contributed by atoms with van der Waals surface area (Å²) in [5.74, 6) is 0.821. The number of benzene rings is 1. The summed E-state index contributed by atoms with van der Waals surface area (Å²) >= 11 is 0. The number of hydrogen-bond acceptors (Lipinski definition) is 2. The standard InChI is InChI=1S/C20H27NO2/c1-12(2)21-16(6)10-18(17(21)7)19(22)11-23-20-9-14(4)13(3)8-15(20)5/h8-10,12H,11H2,1-7H3. The highest BCUT2D eigenvalue weighted by molar-refractivity contribution is 5.98. The molecule has 0 saturated heterocycles. The molecule has 0 radical (unpaired) electrons. The van der Waals surface area contributed by atoms with Crippen LogP contribution in [0.5, 0.6) is 5.75 Å². The smallest absolute Gasteiger partial charge is 0.202 e. The van der Waals surface area contributed by atoms with Gasteiger partial charge >= 0.3 is 0 Å². The first-order valence-corrected chi connectivity index (χ1v) is 8.14. The molecule has 124 valence electrons. The number of ketones is 1. The molecule has 2 aromatic rings. The number of Topliss-reactive ketones (excluding diaryl/α,β-unsaturated/α-hetero) is 1. The molecular formula is C20H27NO2. The van der Waals surface area contributed by atoms with Crippen LogP contribution >= 0.6 is 0 Å².